The van der Waals surface area contributed by atoms with E-state index < -0.39 is 29.7 Å². The topological polar surface area (TPSA) is 110 Å². The molecule has 8 heteroatoms. The number of carbonyl (C=O) groups excluding carboxylic acids is 2. The number of amides is 1. The van der Waals surface area contributed by atoms with Gasteiger partial charge in [-0.05, 0) is 37.8 Å². The molecule has 0 bridgehead atoms. The van der Waals surface area contributed by atoms with E-state index in [0.717, 1.165) is 30.4 Å². The van der Waals surface area contributed by atoms with Crippen molar-refractivity contribution in [1.29, 1.82) is 0 Å². The van der Waals surface area contributed by atoms with Crippen molar-refractivity contribution in [1.82, 2.24) is 15.1 Å². The lowest BCUT2D eigenvalue weighted by atomic mass is 9.86. The molecule has 28 heavy (non-hydrogen) atoms. The van der Waals surface area contributed by atoms with Crippen LogP contribution >= 0.6 is 0 Å². The van der Waals surface area contributed by atoms with E-state index in [2.05, 4.69) is 17.3 Å². The van der Waals surface area contributed by atoms with Gasteiger partial charge in [-0.15, -0.1) is 0 Å². The number of benzene rings is 1. The molecule has 0 aliphatic heterocycles. The van der Waals surface area contributed by atoms with Gasteiger partial charge in [-0.3, -0.25) is 24.3 Å². The van der Waals surface area contributed by atoms with Crippen molar-refractivity contribution < 1.29 is 14.3 Å². The van der Waals surface area contributed by atoms with Gasteiger partial charge in [0.2, 0.25) is 0 Å². The first kappa shape index (κ1) is 19.9. The van der Waals surface area contributed by atoms with E-state index in [9.17, 15) is 19.2 Å². The van der Waals surface area contributed by atoms with Crippen LogP contribution in [0.25, 0.3) is 10.8 Å². The Kier molecular flexibility index (Phi) is 5.96. The Morgan fingerprint density at radius 2 is 1.89 bits per heavy atom. The van der Waals surface area contributed by atoms with Crippen molar-refractivity contribution in [2.45, 2.75) is 58.2 Å². The molecule has 1 amide bonds. The van der Waals surface area contributed by atoms with Gasteiger partial charge in [0.25, 0.3) is 17.0 Å². The minimum absolute atomic E-state index is 0.0851. The Hall–Kier alpha value is -2.90. The van der Waals surface area contributed by atoms with Gasteiger partial charge in [-0.25, -0.2) is 4.68 Å². The smallest absolute Gasteiger partial charge is 0.328 e. The molecule has 0 radical (unpaired) electrons. The Morgan fingerprint density at radius 1 is 1.21 bits per heavy atom. The van der Waals surface area contributed by atoms with E-state index >= 15 is 0 Å². The zero-order valence-corrected chi connectivity index (χ0v) is 16.1. The molecule has 0 saturated heterocycles. The Balaban J connectivity index is 1.64. The van der Waals surface area contributed by atoms with Crippen molar-refractivity contribution in [2.75, 3.05) is 0 Å². The molecule has 1 saturated carbocycles. The average molecular weight is 387 g/mol. The minimum atomic E-state index is -0.982. The zero-order valence-electron chi connectivity index (χ0n) is 16.1. The van der Waals surface area contributed by atoms with E-state index in [1.165, 1.54) is 19.1 Å². The van der Waals surface area contributed by atoms with Gasteiger partial charge >= 0.3 is 5.97 Å². The molecule has 1 aromatic heterocycles. The summed E-state index contributed by atoms with van der Waals surface area (Å²) in [6.45, 7) is 3.12. The summed E-state index contributed by atoms with van der Waals surface area (Å²) in [5, 5.41) is 5.79. The molecule has 1 aliphatic carbocycles. The number of nitrogens with zero attached hydrogens (tertiary/aromatic N) is 1. The number of H-pyrrole nitrogens is 1. The lowest BCUT2D eigenvalue weighted by Crippen LogP contribution is -2.46. The summed E-state index contributed by atoms with van der Waals surface area (Å²) in [4.78, 5) is 49.1. The van der Waals surface area contributed by atoms with Crippen LogP contribution in [0, 0.1) is 5.92 Å². The monoisotopic (exact) mass is 387 g/mol. The Morgan fingerprint density at radius 3 is 2.61 bits per heavy atom. The van der Waals surface area contributed by atoms with Crippen LogP contribution in [0.15, 0.2) is 33.9 Å². The molecule has 0 spiro atoms. The molecule has 1 aromatic carbocycles. The van der Waals surface area contributed by atoms with Crippen molar-refractivity contribution >= 4 is 22.6 Å². The minimum Gasteiger partial charge on any atom is -0.451 e. The van der Waals surface area contributed by atoms with Crippen LogP contribution in [-0.4, -0.2) is 33.8 Å². The predicted molar refractivity (Wildman–Crippen MR) is 104 cm³/mol. The maximum Gasteiger partial charge on any atom is 0.328 e. The summed E-state index contributed by atoms with van der Waals surface area (Å²) in [6, 6.07) is 6.45. The number of hydrogen-bond donors (Lipinski definition) is 2. The van der Waals surface area contributed by atoms with Gasteiger partial charge in [0.05, 0.1) is 10.8 Å². The second-order valence-electron chi connectivity index (χ2n) is 7.39. The number of fused-ring (bicyclic) bond motifs is 1. The highest BCUT2D eigenvalue weighted by atomic mass is 16.5. The van der Waals surface area contributed by atoms with Gasteiger partial charge in [0.15, 0.2) is 6.10 Å². The van der Waals surface area contributed by atoms with Crippen LogP contribution in [0.5, 0.6) is 0 Å². The van der Waals surface area contributed by atoms with Crippen LogP contribution < -0.4 is 16.4 Å². The van der Waals surface area contributed by atoms with Crippen molar-refractivity contribution in [3.63, 3.8) is 0 Å². The average Bonchev–Trinajstić information content (AvgIpc) is 2.67. The summed E-state index contributed by atoms with van der Waals surface area (Å²) in [7, 11) is 0. The van der Waals surface area contributed by atoms with Gasteiger partial charge in [0, 0.05) is 6.04 Å². The quantitative estimate of drug-likeness (QED) is 0.752. The number of esters is 1. The first-order valence-corrected chi connectivity index (χ1v) is 9.58. The highest BCUT2D eigenvalue weighted by molar-refractivity contribution is 5.84. The molecule has 8 nitrogen and oxygen atoms in total. The third-order valence-corrected chi connectivity index (χ3v) is 5.29. The van der Waals surface area contributed by atoms with E-state index in [1.807, 2.05) is 0 Å². The molecule has 1 aliphatic rings. The zero-order chi connectivity index (χ0) is 20.3. The van der Waals surface area contributed by atoms with E-state index in [-0.39, 0.29) is 22.7 Å². The van der Waals surface area contributed by atoms with Crippen molar-refractivity contribution in [2.24, 2.45) is 5.92 Å². The summed E-state index contributed by atoms with van der Waals surface area (Å²) < 4.78 is 6.07. The lowest BCUT2D eigenvalue weighted by molar-refractivity contribution is -0.156. The highest BCUT2D eigenvalue weighted by Gasteiger charge is 2.26. The van der Waals surface area contributed by atoms with Gasteiger partial charge < -0.3 is 10.1 Å². The molecule has 2 N–H and O–H groups in total. The van der Waals surface area contributed by atoms with Gasteiger partial charge in [0.1, 0.15) is 6.54 Å². The van der Waals surface area contributed by atoms with Crippen LogP contribution in [0.2, 0.25) is 0 Å². The standard InChI is InChI=1S/C20H25N3O5/c1-12-7-3-6-10-16(12)21-18(25)13(2)28-17(24)11-23-20(27)15-9-5-4-8-14(15)19(26)22-23/h4-5,8-9,12-13,16H,3,6-7,10-11H2,1-2H3,(H,21,25)(H,22,26). The second-order valence-corrected chi connectivity index (χ2v) is 7.39. The van der Waals surface area contributed by atoms with Crippen LogP contribution in [0.1, 0.15) is 39.5 Å². The third kappa shape index (κ3) is 4.32. The fourth-order valence-corrected chi connectivity index (χ4v) is 3.61. The molecule has 150 valence electrons. The van der Waals surface area contributed by atoms with Crippen molar-refractivity contribution in [3.8, 4) is 0 Å². The maximum atomic E-state index is 12.4. The number of aromatic nitrogens is 2. The number of ether oxygens (including phenoxy) is 1. The largest absolute Gasteiger partial charge is 0.451 e. The summed E-state index contributed by atoms with van der Waals surface area (Å²) >= 11 is 0. The summed E-state index contributed by atoms with van der Waals surface area (Å²) in [5.41, 5.74) is -0.972. The number of hydrogen-bond acceptors (Lipinski definition) is 5. The van der Waals surface area contributed by atoms with Crippen LogP contribution in [0.3, 0.4) is 0 Å². The van der Waals surface area contributed by atoms with Gasteiger partial charge in [-0.1, -0.05) is 31.9 Å². The van der Waals surface area contributed by atoms with E-state index in [4.69, 9.17) is 4.74 Å². The van der Waals surface area contributed by atoms with Crippen LogP contribution in [-0.2, 0) is 20.9 Å². The maximum absolute atomic E-state index is 12.4. The molecule has 3 atom stereocenters. The van der Waals surface area contributed by atoms with E-state index in [0.29, 0.717) is 5.92 Å². The third-order valence-electron chi connectivity index (χ3n) is 5.29. The molecular weight excluding hydrogens is 362 g/mol. The number of carbonyl (C=O) groups is 2. The first-order chi connectivity index (χ1) is 13.4. The molecular formula is C20H25N3O5. The molecule has 1 fully saturated rings. The predicted octanol–water partition coefficient (Wildman–Crippen LogP) is 1.32. The second kappa shape index (κ2) is 8.41. The van der Waals surface area contributed by atoms with Gasteiger partial charge in [-0.2, -0.15) is 0 Å². The fourth-order valence-electron chi connectivity index (χ4n) is 3.61. The number of nitrogens with one attached hydrogen (secondary N) is 2. The lowest BCUT2D eigenvalue weighted by Gasteiger charge is -2.30. The molecule has 2 aromatic rings. The summed E-state index contributed by atoms with van der Waals surface area (Å²) in [5.74, 6) is -0.735. The Labute approximate surface area is 161 Å². The number of aromatic amines is 1. The SMILES string of the molecule is CC(OC(=O)Cn1[nH]c(=O)c2ccccc2c1=O)C(=O)NC1CCCCC1C. The summed E-state index contributed by atoms with van der Waals surface area (Å²) in [6.07, 6.45) is 3.24. The highest BCUT2D eigenvalue weighted by Crippen LogP contribution is 2.23. The normalized spacial score (nSPS) is 20.5. The van der Waals surface area contributed by atoms with E-state index in [1.54, 1.807) is 12.1 Å². The van der Waals surface area contributed by atoms with Crippen molar-refractivity contribution in [3.05, 3.63) is 45.0 Å². The molecule has 3 rings (SSSR count). The fraction of sp³-hybridized carbons (Fsp3) is 0.500. The molecule has 3 unspecified atom stereocenters. The van der Waals surface area contributed by atoms with Crippen LogP contribution in [0.4, 0.5) is 0 Å². The Bertz CT molecular complexity index is 993. The molecule has 1 heterocycles. The number of rotatable bonds is 5. The first-order valence-electron chi connectivity index (χ1n) is 9.58.